The fraction of sp³-hybridized carbons (Fsp3) is 0.375. The molecule has 12 heavy (non-hydrogen) atoms. The molecule has 0 spiro atoms. The molecule has 1 aromatic rings. The van der Waals surface area contributed by atoms with E-state index in [1.807, 2.05) is 26.2 Å². The molecule has 0 atom stereocenters. The van der Waals surface area contributed by atoms with E-state index in [9.17, 15) is 0 Å². The van der Waals surface area contributed by atoms with Gasteiger partial charge in [-0.2, -0.15) is 0 Å². The molecule has 1 heterocycles. The Bertz CT molecular complexity index is 233. The molecule has 1 rings (SSSR count). The number of nitrogens with two attached hydrogens (primary N) is 1. The quantitative estimate of drug-likeness (QED) is 0.713. The van der Waals surface area contributed by atoms with Gasteiger partial charge in [0.15, 0.2) is 0 Å². The third-order valence-corrected chi connectivity index (χ3v) is 1.93. The zero-order chi connectivity index (χ0) is 8.97. The number of hydrogen-bond donors (Lipinski definition) is 1. The third-order valence-electron chi connectivity index (χ3n) is 1.41. The normalized spacial score (nSPS) is 10.7. The second-order valence-corrected chi connectivity index (χ2v) is 3.55. The molecule has 0 bridgehead atoms. The van der Waals surface area contributed by atoms with Crippen LogP contribution in [-0.2, 0) is 6.54 Å². The van der Waals surface area contributed by atoms with Crippen molar-refractivity contribution in [1.29, 1.82) is 0 Å². The van der Waals surface area contributed by atoms with Crippen molar-refractivity contribution in [3.63, 3.8) is 0 Å². The Balaban J connectivity index is 2.65. The largest absolute Gasteiger partial charge is 0.304 e. The van der Waals surface area contributed by atoms with E-state index in [-0.39, 0.29) is 0 Å². The lowest BCUT2D eigenvalue weighted by Gasteiger charge is -2.08. The maximum atomic E-state index is 5.37. The minimum Gasteiger partial charge on any atom is -0.304 e. The van der Waals surface area contributed by atoms with Gasteiger partial charge in [-0.05, 0) is 38.2 Å². The molecule has 2 N–H and O–H groups in total. The minimum atomic E-state index is 0.871. The van der Waals surface area contributed by atoms with Gasteiger partial charge in [0.25, 0.3) is 0 Å². The molecule has 0 unspecified atom stereocenters. The van der Waals surface area contributed by atoms with Gasteiger partial charge >= 0.3 is 0 Å². The molecule has 1 aromatic heterocycles. The highest BCUT2D eigenvalue weighted by atomic mass is 32.2. The van der Waals surface area contributed by atoms with Gasteiger partial charge in [0.1, 0.15) is 0 Å². The zero-order valence-electron chi connectivity index (χ0n) is 7.32. The fourth-order valence-electron chi connectivity index (χ4n) is 0.898. The molecule has 0 radical (unpaired) electrons. The Morgan fingerprint density at radius 1 is 1.50 bits per heavy atom. The summed E-state index contributed by atoms with van der Waals surface area (Å²) in [6.07, 6.45) is 1.80. The Kier molecular flexibility index (Phi) is 3.52. The van der Waals surface area contributed by atoms with Crippen LogP contribution in [0.5, 0.6) is 0 Å². The van der Waals surface area contributed by atoms with Gasteiger partial charge in [-0.3, -0.25) is 10.1 Å². The molecule has 0 aromatic carbocycles. The highest BCUT2D eigenvalue weighted by Gasteiger charge is 1.96. The van der Waals surface area contributed by atoms with E-state index in [2.05, 4.69) is 9.88 Å². The SMILES string of the molecule is CN(C)Cc1ccc(SN)cn1. The predicted molar refractivity (Wildman–Crippen MR) is 51.7 cm³/mol. The summed E-state index contributed by atoms with van der Waals surface area (Å²) in [6.45, 7) is 0.871. The van der Waals surface area contributed by atoms with E-state index >= 15 is 0 Å². The number of nitrogens with zero attached hydrogens (tertiary/aromatic N) is 2. The van der Waals surface area contributed by atoms with Crippen LogP contribution in [0.15, 0.2) is 23.2 Å². The summed E-state index contributed by atoms with van der Waals surface area (Å²) >= 11 is 1.22. The Hall–Kier alpha value is -0.580. The summed E-state index contributed by atoms with van der Waals surface area (Å²) in [5.74, 6) is 0. The molecular formula is C8H13N3S. The fourth-order valence-corrected chi connectivity index (χ4v) is 1.16. The maximum Gasteiger partial charge on any atom is 0.0544 e. The van der Waals surface area contributed by atoms with Crippen LogP contribution in [0.2, 0.25) is 0 Å². The van der Waals surface area contributed by atoms with Crippen LogP contribution in [0.4, 0.5) is 0 Å². The summed E-state index contributed by atoms with van der Waals surface area (Å²) < 4.78 is 0. The van der Waals surface area contributed by atoms with Gasteiger partial charge in [0.2, 0.25) is 0 Å². The molecular weight excluding hydrogens is 170 g/mol. The van der Waals surface area contributed by atoms with Gasteiger partial charge < -0.3 is 4.90 Å². The number of hydrogen-bond acceptors (Lipinski definition) is 4. The van der Waals surface area contributed by atoms with Crippen molar-refractivity contribution in [3.05, 3.63) is 24.0 Å². The highest BCUT2D eigenvalue weighted by Crippen LogP contribution is 2.10. The summed E-state index contributed by atoms with van der Waals surface area (Å²) in [5, 5.41) is 5.37. The molecule has 0 saturated carbocycles. The van der Waals surface area contributed by atoms with Crippen molar-refractivity contribution >= 4 is 11.9 Å². The number of aromatic nitrogens is 1. The van der Waals surface area contributed by atoms with Crippen molar-refractivity contribution in [3.8, 4) is 0 Å². The smallest absolute Gasteiger partial charge is 0.0544 e. The topological polar surface area (TPSA) is 42.1 Å². The molecule has 0 aliphatic heterocycles. The van der Waals surface area contributed by atoms with Crippen LogP contribution < -0.4 is 5.14 Å². The first-order valence-electron chi connectivity index (χ1n) is 3.69. The first-order valence-corrected chi connectivity index (χ1v) is 4.56. The summed E-state index contributed by atoms with van der Waals surface area (Å²) in [4.78, 5) is 7.33. The van der Waals surface area contributed by atoms with Crippen molar-refractivity contribution in [1.82, 2.24) is 9.88 Å². The van der Waals surface area contributed by atoms with Crippen LogP contribution >= 0.6 is 11.9 Å². The third kappa shape index (κ3) is 2.81. The standard InChI is InChI=1S/C8H13N3S/c1-11(2)6-7-3-4-8(12-9)5-10-7/h3-5H,6,9H2,1-2H3. The van der Waals surface area contributed by atoms with E-state index < -0.39 is 0 Å². The van der Waals surface area contributed by atoms with Crippen LogP contribution in [0, 0.1) is 0 Å². The van der Waals surface area contributed by atoms with E-state index in [0.29, 0.717) is 0 Å². The van der Waals surface area contributed by atoms with Crippen LogP contribution in [0.1, 0.15) is 5.69 Å². The summed E-state index contributed by atoms with van der Waals surface area (Å²) in [7, 11) is 4.04. The Morgan fingerprint density at radius 3 is 2.67 bits per heavy atom. The average Bonchev–Trinajstić information content (AvgIpc) is 2.05. The molecule has 4 heteroatoms. The van der Waals surface area contributed by atoms with Gasteiger partial charge in [0.05, 0.1) is 5.69 Å². The van der Waals surface area contributed by atoms with Crippen LogP contribution in [0.3, 0.4) is 0 Å². The monoisotopic (exact) mass is 183 g/mol. The Morgan fingerprint density at radius 2 is 2.25 bits per heavy atom. The molecule has 0 saturated heterocycles. The molecule has 66 valence electrons. The lowest BCUT2D eigenvalue weighted by molar-refractivity contribution is 0.396. The van der Waals surface area contributed by atoms with Gasteiger partial charge in [-0.25, -0.2) is 0 Å². The van der Waals surface area contributed by atoms with Crippen LogP contribution in [0.25, 0.3) is 0 Å². The molecule has 0 amide bonds. The minimum absolute atomic E-state index is 0.871. The van der Waals surface area contributed by atoms with Gasteiger partial charge in [-0.1, -0.05) is 0 Å². The van der Waals surface area contributed by atoms with Crippen molar-refractivity contribution in [2.45, 2.75) is 11.4 Å². The summed E-state index contributed by atoms with van der Waals surface area (Å²) in [6, 6.07) is 3.98. The number of pyridine rings is 1. The second kappa shape index (κ2) is 4.45. The highest BCUT2D eigenvalue weighted by molar-refractivity contribution is 7.97. The lowest BCUT2D eigenvalue weighted by Crippen LogP contribution is -2.11. The Labute approximate surface area is 77.1 Å². The predicted octanol–water partition coefficient (Wildman–Crippen LogP) is 1.11. The second-order valence-electron chi connectivity index (χ2n) is 2.84. The summed E-state index contributed by atoms with van der Waals surface area (Å²) in [5.41, 5.74) is 1.07. The van der Waals surface area contributed by atoms with Crippen LogP contribution in [-0.4, -0.2) is 24.0 Å². The lowest BCUT2D eigenvalue weighted by atomic mass is 10.3. The molecule has 0 aliphatic carbocycles. The van der Waals surface area contributed by atoms with Gasteiger partial charge in [-0.15, -0.1) is 0 Å². The zero-order valence-corrected chi connectivity index (χ0v) is 8.14. The molecule has 3 nitrogen and oxygen atoms in total. The number of rotatable bonds is 3. The average molecular weight is 183 g/mol. The molecule has 0 aliphatic rings. The molecule has 0 fully saturated rings. The van der Waals surface area contributed by atoms with Crippen molar-refractivity contribution in [2.75, 3.05) is 14.1 Å². The first-order chi connectivity index (χ1) is 5.72. The van der Waals surface area contributed by atoms with Crippen molar-refractivity contribution in [2.24, 2.45) is 5.14 Å². The van der Waals surface area contributed by atoms with Crippen molar-refractivity contribution < 1.29 is 0 Å². The maximum absolute atomic E-state index is 5.37. The van der Waals surface area contributed by atoms with E-state index in [1.54, 1.807) is 6.20 Å². The first kappa shape index (κ1) is 9.51. The van der Waals surface area contributed by atoms with E-state index in [4.69, 9.17) is 5.14 Å². The van der Waals surface area contributed by atoms with Gasteiger partial charge in [0, 0.05) is 17.6 Å². The van der Waals surface area contributed by atoms with E-state index in [0.717, 1.165) is 17.1 Å². The van der Waals surface area contributed by atoms with E-state index in [1.165, 1.54) is 11.9 Å².